The number of ether oxygens (including phenoxy) is 2. The van der Waals surface area contributed by atoms with Crippen LogP contribution in [0.3, 0.4) is 0 Å². The zero-order valence-electron chi connectivity index (χ0n) is 13.4. The Labute approximate surface area is 137 Å². The molecule has 3 fully saturated rings. The van der Waals surface area contributed by atoms with Crippen LogP contribution in [0.5, 0.6) is 0 Å². The molecule has 2 saturated carbocycles. The summed E-state index contributed by atoms with van der Waals surface area (Å²) in [5.41, 5.74) is 0. The molecule has 2 bridgehead atoms. The van der Waals surface area contributed by atoms with E-state index in [1.807, 2.05) is 0 Å². The standard InChI is InChI=1S/C16H20F2O6/c1-6(2)3-10(16(17,18)15(21)22)24-13(19)11-7-4-8-9(5-7)23-14(20)12(8)11/h6-12H,3-5H2,1-2H3,(H,21,22)/p-1. The molecule has 1 saturated heterocycles. The van der Waals surface area contributed by atoms with E-state index in [2.05, 4.69) is 0 Å². The lowest BCUT2D eigenvalue weighted by molar-refractivity contribution is -0.336. The summed E-state index contributed by atoms with van der Waals surface area (Å²) in [4.78, 5) is 35.1. The van der Waals surface area contributed by atoms with Gasteiger partial charge >= 0.3 is 17.9 Å². The second-order valence-corrected chi connectivity index (χ2v) is 7.39. The number of esters is 2. The molecule has 0 radical (unpaired) electrons. The van der Waals surface area contributed by atoms with Crippen molar-refractivity contribution in [3.8, 4) is 0 Å². The SMILES string of the molecule is CC(C)CC(OC(=O)C1C2CC3OC(=O)C1C3C2)C(F)(F)C(=O)[O-]. The Kier molecular flexibility index (Phi) is 4.04. The molecule has 6 atom stereocenters. The second-order valence-electron chi connectivity index (χ2n) is 7.39. The maximum absolute atomic E-state index is 13.8. The lowest BCUT2D eigenvalue weighted by Gasteiger charge is -2.31. The van der Waals surface area contributed by atoms with E-state index >= 15 is 0 Å². The number of alkyl halides is 2. The number of carbonyl (C=O) groups is 3. The van der Waals surface area contributed by atoms with E-state index in [-0.39, 0.29) is 30.3 Å². The zero-order valence-corrected chi connectivity index (χ0v) is 13.4. The zero-order chi connectivity index (χ0) is 17.8. The minimum absolute atomic E-state index is 0.0646. The van der Waals surface area contributed by atoms with E-state index in [0.29, 0.717) is 12.8 Å². The summed E-state index contributed by atoms with van der Waals surface area (Å²) in [6.07, 6.45) is -1.45. The average Bonchev–Trinajstić information content (AvgIpc) is 3.06. The van der Waals surface area contributed by atoms with E-state index in [4.69, 9.17) is 9.47 Å². The number of halogens is 2. The lowest BCUT2D eigenvalue weighted by Crippen LogP contribution is -2.52. The highest BCUT2D eigenvalue weighted by atomic mass is 19.3. The minimum Gasteiger partial charge on any atom is -0.544 e. The summed E-state index contributed by atoms with van der Waals surface area (Å²) in [7, 11) is 0. The molecular formula is C16H19F2O6-. The molecule has 2 aliphatic carbocycles. The van der Waals surface area contributed by atoms with Crippen LogP contribution in [0.15, 0.2) is 0 Å². The summed E-state index contributed by atoms with van der Waals surface area (Å²) in [6.45, 7) is 3.23. The molecule has 8 heteroatoms. The van der Waals surface area contributed by atoms with Gasteiger partial charge in [-0.15, -0.1) is 0 Å². The van der Waals surface area contributed by atoms with Crippen LogP contribution in [0.2, 0.25) is 0 Å². The fourth-order valence-electron chi connectivity index (χ4n) is 4.37. The molecule has 134 valence electrons. The van der Waals surface area contributed by atoms with Gasteiger partial charge in [-0.25, -0.2) is 0 Å². The first-order valence-corrected chi connectivity index (χ1v) is 8.13. The summed E-state index contributed by atoms with van der Waals surface area (Å²) < 4.78 is 37.8. The molecule has 0 spiro atoms. The highest BCUT2D eigenvalue weighted by Crippen LogP contribution is 2.58. The fourth-order valence-corrected chi connectivity index (χ4v) is 4.37. The van der Waals surface area contributed by atoms with Gasteiger partial charge in [-0.2, -0.15) is 8.78 Å². The first-order chi connectivity index (χ1) is 11.1. The van der Waals surface area contributed by atoms with Crippen LogP contribution in [0.4, 0.5) is 8.78 Å². The van der Waals surface area contributed by atoms with E-state index in [1.165, 1.54) is 0 Å². The third kappa shape index (κ3) is 2.56. The smallest absolute Gasteiger partial charge is 0.323 e. The first-order valence-electron chi connectivity index (χ1n) is 8.13. The summed E-state index contributed by atoms with van der Waals surface area (Å²) in [5, 5.41) is 10.7. The quantitative estimate of drug-likeness (QED) is 0.652. The van der Waals surface area contributed by atoms with Crippen molar-refractivity contribution >= 4 is 17.9 Å². The molecule has 3 aliphatic rings. The maximum Gasteiger partial charge on any atom is 0.323 e. The van der Waals surface area contributed by atoms with Crippen LogP contribution in [-0.2, 0) is 23.9 Å². The predicted octanol–water partition coefficient (Wildman–Crippen LogP) is 0.527. The van der Waals surface area contributed by atoms with Crippen LogP contribution in [0.1, 0.15) is 33.1 Å². The van der Waals surface area contributed by atoms with Crippen molar-refractivity contribution < 1.29 is 37.7 Å². The van der Waals surface area contributed by atoms with E-state index in [1.54, 1.807) is 13.8 Å². The third-order valence-electron chi connectivity index (χ3n) is 5.38. The van der Waals surface area contributed by atoms with Gasteiger partial charge in [0, 0.05) is 5.92 Å². The Bertz CT molecular complexity index is 573. The Hall–Kier alpha value is -1.73. The molecule has 1 heterocycles. The number of rotatable bonds is 6. The molecule has 3 rings (SSSR count). The summed E-state index contributed by atoms with van der Waals surface area (Å²) in [5.74, 6) is -10.3. The molecule has 6 nitrogen and oxygen atoms in total. The van der Waals surface area contributed by atoms with Crippen LogP contribution >= 0.6 is 0 Å². The largest absolute Gasteiger partial charge is 0.544 e. The number of carboxylic acids is 1. The summed E-state index contributed by atoms with van der Waals surface area (Å²) >= 11 is 0. The van der Waals surface area contributed by atoms with Gasteiger partial charge in [0.05, 0.1) is 11.8 Å². The molecule has 6 unspecified atom stereocenters. The molecular weight excluding hydrogens is 326 g/mol. The van der Waals surface area contributed by atoms with Gasteiger partial charge in [-0.1, -0.05) is 13.8 Å². The van der Waals surface area contributed by atoms with Crippen LogP contribution in [0.25, 0.3) is 0 Å². The maximum atomic E-state index is 13.8. The van der Waals surface area contributed by atoms with Crippen LogP contribution in [0, 0.1) is 29.6 Å². The van der Waals surface area contributed by atoms with Gasteiger partial charge in [0.1, 0.15) is 12.1 Å². The average molecular weight is 345 g/mol. The van der Waals surface area contributed by atoms with Gasteiger partial charge in [-0.3, -0.25) is 9.59 Å². The molecule has 0 N–H and O–H groups in total. The number of aliphatic carboxylic acids is 1. The van der Waals surface area contributed by atoms with Crippen molar-refractivity contribution in [2.24, 2.45) is 29.6 Å². The molecule has 1 aliphatic heterocycles. The molecule has 0 aromatic rings. The Balaban J connectivity index is 1.77. The van der Waals surface area contributed by atoms with E-state index in [0.717, 1.165) is 0 Å². The van der Waals surface area contributed by atoms with Crippen LogP contribution < -0.4 is 5.11 Å². The Morgan fingerprint density at radius 2 is 2.04 bits per heavy atom. The van der Waals surface area contributed by atoms with E-state index in [9.17, 15) is 28.3 Å². The third-order valence-corrected chi connectivity index (χ3v) is 5.38. The molecule has 0 amide bonds. The Morgan fingerprint density at radius 3 is 2.62 bits per heavy atom. The topological polar surface area (TPSA) is 92.7 Å². The highest BCUT2D eigenvalue weighted by molar-refractivity contribution is 5.86. The van der Waals surface area contributed by atoms with Gasteiger partial charge in [0.25, 0.3) is 0 Å². The second kappa shape index (κ2) is 5.67. The van der Waals surface area contributed by atoms with Gasteiger partial charge in [0.15, 0.2) is 6.10 Å². The van der Waals surface area contributed by atoms with Crippen molar-refractivity contribution in [3.63, 3.8) is 0 Å². The van der Waals surface area contributed by atoms with E-state index < -0.39 is 41.8 Å². The van der Waals surface area contributed by atoms with Crippen molar-refractivity contribution in [1.82, 2.24) is 0 Å². The molecule has 0 aromatic heterocycles. The van der Waals surface area contributed by atoms with Gasteiger partial charge < -0.3 is 19.4 Å². The highest BCUT2D eigenvalue weighted by Gasteiger charge is 2.65. The predicted molar refractivity (Wildman–Crippen MR) is 72.4 cm³/mol. The Morgan fingerprint density at radius 1 is 1.38 bits per heavy atom. The van der Waals surface area contributed by atoms with Gasteiger partial charge in [-0.05, 0) is 31.1 Å². The van der Waals surface area contributed by atoms with Crippen molar-refractivity contribution in [1.29, 1.82) is 0 Å². The normalized spacial score (nSPS) is 35.2. The van der Waals surface area contributed by atoms with Crippen molar-refractivity contribution in [2.45, 2.75) is 51.2 Å². The first kappa shape index (κ1) is 17.1. The number of carboxylic acid groups (broad SMARTS) is 1. The lowest BCUT2D eigenvalue weighted by atomic mass is 9.80. The number of carbonyl (C=O) groups excluding carboxylic acids is 3. The number of hydrogen-bond donors (Lipinski definition) is 0. The number of fused-ring (bicyclic) bond motifs is 1. The number of hydrogen-bond acceptors (Lipinski definition) is 6. The van der Waals surface area contributed by atoms with Crippen molar-refractivity contribution in [2.75, 3.05) is 0 Å². The summed E-state index contributed by atoms with van der Waals surface area (Å²) in [6, 6.07) is 0. The monoisotopic (exact) mass is 345 g/mol. The minimum atomic E-state index is -4.28. The van der Waals surface area contributed by atoms with Crippen LogP contribution in [-0.4, -0.2) is 36.0 Å². The van der Waals surface area contributed by atoms with Crippen molar-refractivity contribution in [3.05, 3.63) is 0 Å². The van der Waals surface area contributed by atoms with Gasteiger partial charge in [0.2, 0.25) is 0 Å². The fraction of sp³-hybridized carbons (Fsp3) is 0.812. The molecule has 24 heavy (non-hydrogen) atoms. The molecule has 0 aromatic carbocycles.